The van der Waals surface area contributed by atoms with Crippen molar-refractivity contribution in [3.05, 3.63) is 29.8 Å². The molecule has 0 radical (unpaired) electrons. The van der Waals surface area contributed by atoms with E-state index in [9.17, 15) is 9.59 Å². The van der Waals surface area contributed by atoms with Crippen LogP contribution in [-0.4, -0.2) is 42.4 Å². The number of hydrogen-bond donors (Lipinski definition) is 1. The van der Waals surface area contributed by atoms with Gasteiger partial charge >= 0.3 is 0 Å². The van der Waals surface area contributed by atoms with E-state index in [2.05, 4.69) is 0 Å². The van der Waals surface area contributed by atoms with Gasteiger partial charge in [-0.1, -0.05) is 12.1 Å². The maximum Gasteiger partial charge on any atom is 0.227 e. The van der Waals surface area contributed by atoms with Crippen LogP contribution in [0.1, 0.15) is 38.2 Å². The quantitative estimate of drug-likeness (QED) is 0.918. The maximum atomic E-state index is 12.5. The molecule has 2 heterocycles. The van der Waals surface area contributed by atoms with Gasteiger partial charge in [-0.05, 0) is 49.8 Å². The zero-order chi connectivity index (χ0) is 17.1. The van der Waals surface area contributed by atoms with E-state index in [0.717, 1.165) is 50.1 Å². The Balaban J connectivity index is 1.59. The number of carbonyl (C=O) groups excluding carboxylic acids is 2. The normalized spacial score (nSPS) is 22.8. The average molecular weight is 329 g/mol. The minimum atomic E-state index is 0.137. The van der Waals surface area contributed by atoms with Crippen molar-refractivity contribution in [3.63, 3.8) is 0 Å². The second-order valence-electron chi connectivity index (χ2n) is 7.09. The number of benzene rings is 1. The Bertz CT molecular complexity index is 597. The van der Waals surface area contributed by atoms with Crippen molar-refractivity contribution in [3.8, 4) is 0 Å². The third kappa shape index (κ3) is 3.78. The molecule has 2 N–H and O–H groups in total. The Morgan fingerprint density at radius 2 is 2.00 bits per heavy atom. The van der Waals surface area contributed by atoms with Gasteiger partial charge in [0.1, 0.15) is 0 Å². The summed E-state index contributed by atoms with van der Waals surface area (Å²) < 4.78 is 0. The number of piperidine rings is 1. The maximum absolute atomic E-state index is 12.5. The summed E-state index contributed by atoms with van der Waals surface area (Å²) in [4.78, 5) is 28.1. The molecule has 2 amide bonds. The molecule has 2 saturated heterocycles. The Kier molecular flexibility index (Phi) is 5.19. The van der Waals surface area contributed by atoms with Crippen molar-refractivity contribution in [2.45, 2.75) is 45.1 Å². The first-order valence-corrected chi connectivity index (χ1v) is 8.97. The van der Waals surface area contributed by atoms with Crippen LogP contribution in [0.25, 0.3) is 0 Å². The average Bonchev–Trinajstić information content (AvgIpc) is 3.01. The van der Waals surface area contributed by atoms with Gasteiger partial charge in [0.15, 0.2) is 0 Å². The van der Waals surface area contributed by atoms with Crippen molar-refractivity contribution in [1.82, 2.24) is 4.90 Å². The number of rotatable bonds is 4. The topological polar surface area (TPSA) is 66.6 Å². The van der Waals surface area contributed by atoms with Gasteiger partial charge in [-0.3, -0.25) is 9.59 Å². The fourth-order valence-electron chi connectivity index (χ4n) is 3.67. The highest BCUT2D eigenvalue weighted by Gasteiger charge is 2.26. The molecule has 2 aliphatic heterocycles. The first kappa shape index (κ1) is 17.0. The second kappa shape index (κ2) is 7.34. The summed E-state index contributed by atoms with van der Waals surface area (Å²) in [6.07, 6.45) is 4.12. The van der Waals surface area contributed by atoms with Crippen molar-refractivity contribution < 1.29 is 9.59 Å². The molecule has 0 unspecified atom stereocenters. The molecule has 0 saturated carbocycles. The van der Waals surface area contributed by atoms with E-state index >= 15 is 0 Å². The largest absolute Gasteiger partial charge is 0.342 e. The Morgan fingerprint density at radius 3 is 2.62 bits per heavy atom. The van der Waals surface area contributed by atoms with Crippen LogP contribution in [0.15, 0.2) is 24.3 Å². The van der Waals surface area contributed by atoms with Crippen LogP contribution >= 0.6 is 0 Å². The van der Waals surface area contributed by atoms with E-state index in [-0.39, 0.29) is 17.9 Å². The van der Waals surface area contributed by atoms with Crippen LogP contribution in [0, 0.1) is 5.92 Å². The highest BCUT2D eigenvalue weighted by molar-refractivity contribution is 5.95. The number of anilines is 1. The molecule has 130 valence electrons. The zero-order valence-electron chi connectivity index (χ0n) is 14.4. The van der Waals surface area contributed by atoms with E-state index in [0.29, 0.717) is 18.8 Å². The zero-order valence-corrected chi connectivity index (χ0v) is 14.4. The first-order valence-electron chi connectivity index (χ1n) is 8.97. The van der Waals surface area contributed by atoms with Crippen LogP contribution in [0.4, 0.5) is 5.69 Å². The monoisotopic (exact) mass is 329 g/mol. The van der Waals surface area contributed by atoms with E-state index in [1.54, 1.807) is 0 Å². The van der Waals surface area contributed by atoms with E-state index < -0.39 is 0 Å². The summed E-state index contributed by atoms with van der Waals surface area (Å²) in [6, 6.07) is 7.97. The summed E-state index contributed by atoms with van der Waals surface area (Å²) in [5.41, 5.74) is 7.93. The lowest BCUT2D eigenvalue weighted by Gasteiger charge is -2.34. The van der Waals surface area contributed by atoms with Crippen LogP contribution in [-0.2, 0) is 16.0 Å². The minimum absolute atomic E-state index is 0.137. The summed E-state index contributed by atoms with van der Waals surface area (Å²) in [7, 11) is 0. The highest BCUT2D eigenvalue weighted by Crippen LogP contribution is 2.23. The fourth-order valence-corrected chi connectivity index (χ4v) is 3.67. The standard InChI is InChI=1S/C19H27N3O2/c1-14(20)16-4-2-10-21(13-16)19(24)12-15-6-8-17(9-7-15)22-11-3-5-18(22)23/h6-9,14,16H,2-5,10-13,20H2,1H3/t14-,16-/m0/s1. The lowest BCUT2D eigenvalue weighted by atomic mass is 9.92. The third-order valence-electron chi connectivity index (χ3n) is 5.23. The molecule has 5 nitrogen and oxygen atoms in total. The van der Waals surface area contributed by atoms with Gasteiger partial charge in [0, 0.05) is 37.8 Å². The molecular formula is C19H27N3O2. The first-order chi connectivity index (χ1) is 11.5. The van der Waals surface area contributed by atoms with E-state index in [1.807, 2.05) is 41.0 Å². The van der Waals surface area contributed by atoms with Gasteiger partial charge in [-0.25, -0.2) is 0 Å². The van der Waals surface area contributed by atoms with Gasteiger partial charge in [-0.15, -0.1) is 0 Å². The lowest BCUT2D eigenvalue weighted by molar-refractivity contribution is -0.132. The van der Waals surface area contributed by atoms with Gasteiger partial charge < -0.3 is 15.5 Å². The molecule has 0 spiro atoms. The summed E-state index contributed by atoms with van der Waals surface area (Å²) in [5.74, 6) is 0.769. The van der Waals surface area contributed by atoms with Crippen molar-refractivity contribution in [2.75, 3.05) is 24.5 Å². The van der Waals surface area contributed by atoms with Crippen molar-refractivity contribution in [1.29, 1.82) is 0 Å². The Morgan fingerprint density at radius 1 is 1.25 bits per heavy atom. The van der Waals surface area contributed by atoms with Crippen LogP contribution in [0.2, 0.25) is 0 Å². The number of amides is 2. The predicted octanol–water partition coefficient (Wildman–Crippen LogP) is 1.94. The molecule has 0 aromatic heterocycles. The molecule has 1 aromatic carbocycles. The lowest BCUT2D eigenvalue weighted by Crippen LogP contribution is -2.45. The molecule has 1 aromatic rings. The predicted molar refractivity (Wildman–Crippen MR) is 94.7 cm³/mol. The van der Waals surface area contributed by atoms with Crippen LogP contribution in [0.3, 0.4) is 0 Å². The molecule has 2 fully saturated rings. The number of nitrogens with zero attached hydrogens (tertiary/aromatic N) is 2. The fraction of sp³-hybridized carbons (Fsp3) is 0.579. The van der Waals surface area contributed by atoms with E-state index in [1.165, 1.54) is 0 Å². The Hall–Kier alpha value is -1.88. The number of hydrogen-bond acceptors (Lipinski definition) is 3. The molecule has 24 heavy (non-hydrogen) atoms. The highest BCUT2D eigenvalue weighted by atomic mass is 16.2. The Labute approximate surface area is 143 Å². The summed E-state index contributed by atoms with van der Waals surface area (Å²) in [5, 5.41) is 0. The number of nitrogens with two attached hydrogens (primary N) is 1. The SMILES string of the molecule is C[C@H](N)[C@H]1CCCN(C(=O)Cc2ccc(N3CCCC3=O)cc2)C1. The molecule has 2 aliphatic rings. The molecular weight excluding hydrogens is 302 g/mol. The molecule has 0 aliphatic carbocycles. The second-order valence-corrected chi connectivity index (χ2v) is 7.09. The smallest absolute Gasteiger partial charge is 0.227 e. The number of carbonyl (C=O) groups is 2. The minimum Gasteiger partial charge on any atom is -0.342 e. The van der Waals surface area contributed by atoms with Crippen LogP contribution < -0.4 is 10.6 Å². The molecule has 0 bridgehead atoms. The van der Waals surface area contributed by atoms with Crippen molar-refractivity contribution >= 4 is 17.5 Å². The number of likely N-dealkylation sites (tertiary alicyclic amines) is 1. The van der Waals surface area contributed by atoms with Gasteiger partial charge in [0.05, 0.1) is 6.42 Å². The summed E-state index contributed by atoms with van der Waals surface area (Å²) in [6.45, 7) is 4.43. The van der Waals surface area contributed by atoms with E-state index in [4.69, 9.17) is 5.73 Å². The third-order valence-corrected chi connectivity index (χ3v) is 5.23. The van der Waals surface area contributed by atoms with Gasteiger partial charge in [0.25, 0.3) is 0 Å². The summed E-state index contributed by atoms with van der Waals surface area (Å²) >= 11 is 0. The molecule has 3 rings (SSSR count). The van der Waals surface area contributed by atoms with Gasteiger partial charge in [0.2, 0.25) is 11.8 Å². The van der Waals surface area contributed by atoms with Crippen molar-refractivity contribution in [2.24, 2.45) is 11.7 Å². The molecule has 5 heteroatoms. The van der Waals surface area contributed by atoms with Crippen LogP contribution in [0.5, 0.6) is 0 Å². The molecule has 2 atom stereocenters. The van der Waals surface area contributed by atoms with Gasteiger partial charge in [-0.2, -0.15) is 0 Å².